The lowest BCUT2D eigenvalue weighted by Gasteiger charge is -2.54. The summed E-state index contributed by atoms with van der Waals surface area (Å²) in [5, 5.41) is 13.0. The van der Waals surface area contributed by atoms with E-state index in [1.54, 1.807) is 7.11 Å². The molecule has 1 aliphatic heterocycles. The van der Waals surface area contributed by atoms with Crippen LogP contribution in [0, 0.1) is 0 Å². The second-order valence-electron chi connectivity index (χ2n) is 7.13. The largest absolute Gasteiger partial charge is 0.393 e. The van der Waals surface area contributed by atoms with Gasteiger partial charge >= 0.3 is 6.03 Å². The van der Waals surface area contributed by atoms with Crippen LogP contribution in [-0.4, -0.2) is 53.5 Å². The molecule has 0 aromatic carbocycles. The number of hydrogen-bond acceptors (Lipinski definition) is 3. The van der Waals surface area contributed by atoms with E-state index in [-0.39, 0.29) is 23.3 Å². The number of hydrogen-bond donors (Lipinski definition) is 2. The van der Waals surface area contributed by atoms with Crippen LogP contribution in [0.1, 0.15) is 57.8 Å². The third kappa shape index (κ3) is 2.78. The van der Waals surface area contributed by atoms with Crippen molar-refractivity contribution in [3.63, 3.8) is 0 Å². The normalized spacial score (nSPS) is 30.2. The molecule has 1 saturated heterocycles. The molecule has 1 spiro atoms. The number of nitrogens with one attached hydrogen (secondary N) is 1. The van der Waals surface area contributed by atoms with Crippen LogP contribution in [0.4, 0.5) is 4.79 Å². The van der Waals surface area contributed by atoms with Crippen LogP contribution < -0.4 is 5.32 Å². The fraction of sp³-hybridized carbons (Fsp3) is 0.938. The van der Waals surface area contributed by atoms with Crippen molar-refractivity contribution >= 4 is 6.03 Å². The number of piperidine rings is 1. The van der Waals surface area contributed by atoms with Crippen molar-refractivity contribution in [2.45, 2.75) is 75.0 Å². The summed E-state index contributed by atoms with van der Waals surface area (Å²) in [6, 6.07) is 0.0323. The second kappa shape index (κ2) is 5.76. The Kier molecular flexibility index (Phi) is 4.14. The zero-order valence-corrected chi connectivity index (χ0v) is 13.1. The topological polar surface area (TPSA) is 61.8 Å². The van der Waals surface area contributed by atoms with E-state index in [9.17, 15) is 9.90 Å². The smallest absolute Gasteiger partial charge is 0.317 e. The molecule has 1 atom stereocenters. The Morgan fingerprint density at radius 2 is 2.00 bits per heavy atom. The van der Waals surface area contributed by atoms with Crippen molar-refractivity contribution in [2.75, 3.05) is 20.2 Å². The highest BCUT2D eigenvalue weighted by molar-refractivity contribution is 5.75. The molecule has 2 saturated carbocycles. The van der Waals surface area contributed by atoms with Gasteiger partial charge in [0.2, 0.25) is 0 Å². The van der Waals surface area contributed by atoms with E-state index in [1.807, 2.05) is 4.90 Å². The van der Waals surface area contributed by atoms with Crippen LogP contribution in [0.2, 0.25) is 0 Å². The lowest BCUT2D eigenvalue weighted by Crippen LogP contribution is -2.63. The van der Waals surface area contributed by atoms with E-state index in [4.69, 9.17) is 4.74 Å². The first-order valence-electron chi connectivity index (χ1n) is 8.38. The van der Waals surface area contributed by atoms with Gasteiger partial charge in [0.15, 0.2) is 0 Å². The third-order valence-corrected chi connectivity index (χ3v) is 5.91. The van der Waals surface area contributed by atoms with Gasteiger partial charge < -0.3 is 20.1 Å². The van der Waals surface area contributed by atoms with Gasteiger partial charge in [-0.25, -0.2) is 4.79 Å². The Hall–Kier alpha value is -0.810. The van der Waals surface area contributed by atoms with E-state index >= 15 is 0 Å². The molecule has 0 radical (unpaired) electrons. The third-order valence-electron chi connectivity index (χ3n) is 5.91. The molecular weight excluding hydrogens is 268 g/mol. The van der Waals surface area contributed by atoms with Gasteiger partial charge in [-0.1, -0.05) is 12.8 Å². The van der Waals surface area contributed by atoms with Crippen molar-refractivity contribution in [1.82, 2.24) is 10.2 Å². The number of nitrogens with zero attached hydrogens (tertiary/aromatic N) is 1. The van der Waals surface area contributed by atoms with Crippen molar-refractivity contribution in [3.8, 4) is 0 Å². The van der Waals surface area contributed by atoms with Crippen molar-refractivity contribution in [3.05, 3.63) is 0 Å². The van der Waals surface area contributed by atoms with Crippen molar-refractivity contribution in [1.29, 1.82) is 0 Å². The number of carbonyl (C=O) groups excluding carboxylic acids is 1. The Balaban J connectivity index is 1.59. The predicted octanol–water partition coefficient (Wildman–Crippen LogP) is 2.03. The van der Waals surface area contributed by atoms with E-state index in [2.05, 4.69) is 5.32 Å². The van der Waals surface area contributed by atoms with Crippen LogP contribution >= 0.6 is 0 Å². The lowest BCUT2D eigenvalue weighted by atomic mass is 9.69. The van der Waals surface area contributed by atoms with Crippen molar-refractivity contribution < 1.29 is 14.6 Å². The molecular formula is C16H28N2O3. The maximum absolute atomic E-state index is 12.6. The summed E-state index contributed by atoms with van der Waals surface area (Å²) in [6.45, 7) is 1.28. The quantitative estimate of drug-likeness (QED) is 0.838. The average Bonchev–Trinajstić information content (AvgIpc) is 2.92. The number of carbonyl (C=O) groups is 1. The summed E-state index contributed by atoms with van der Waals surface area (Å²) < 4.78 is 5.67. The first-order chi connectivity index (χ1) is 10.1. The molecule has 2 N–H and O–H groups in total. The Bertz CT molecular complexity index is 389. The maximum atomic E-state index is 12.6. The molecule has 120 valence electrons. The summed E-state index contributed by atoms with van der Waals surface area (Å²) in [5.74, 6) is 0. The van der Waals surface area contributed by atoms with Gasteiger partial charge in [-0.3, -0.25) is 0 Å². The van der Waals surface area contributed by atoms with Gasteiger partial charge in [-0.15, -0.1) is 0 Å². The van der Waals surface area contributed by atoms with Crippen LogP contribution in [0.5, 0.6) is 0 Å². The molecule has 5 heteroatoms. The number of aliphatic hydroxyl groups is 1. The maximum Gasteiger partial charge on any atom is 0.317 e. The van der Waals surface area contributed by atoms with Gasteiger partial charge in [0, 0.05) is 25.7 Å². The van der Waals surface area contributed by atoms with E-state index in [1.165, 1.54) is 19.3 Å². The fourth-order valence-electron chi connectivity index (χ4n) is 4.35. The van der Waals surface area contributed by atoms with Crippen molar-refractivity contribution in [2.24, 2.45) is 0 Å². The molecule has 2 amide bonds. The average molecular weight is 296 g/mol. The first-order valence-corrected chi connectivity index (χ1v) is 8.38. The van der Waals surface area contributed by atoms with Crippen LogP contribution in [0.3, 0.4) is 0 Å². The minimum Gasteiger partial charge on any atom is -0.393 e. The van der Waals surface area contributed by atoms with Gasteiger partial charge in [0.05, 0.1) is 11.7 Å². The molecule has 3 fully saturated rings. The summed E-state index contributed by atoms with van der Waals surface area (Å²) in [6.07, 6.45) is 8.88. The van der Waals surface area contributed by atoms with Gasteiger partial charge in [-0.2, -0.15) is 0 Å². The van der Waals surface area contributed by atoms with Gasteiger partial charge in [0.25, 0.3) is 0 Å². The monoisotopic (exact) mass is 296 g/mol. The number of rotatable bonds is 3. The summed E-state index contributed by atoms with van der Waals surface area (Å²) >= 11 is 0. The number of likely N-dealkylation sites (tertiary alicyclic amines) is 1. The molecule has 3 rings (SSSR count). The number of urea groups is 1. The number of aliphatic hydroxyl groups excluding tert-OH is 1. The molecule has 0 bridgehead atoms. The Morgan fingerprint density at radius 3 is 2.57 bits per heavy atom. The Morgan fingerprint density at radius 1 is 1.29 bits per heavy atom. The zero-order chi connectivity index (χ0) is 14.9. The highest BCUT2D eigenvalue weighted by atomic mass is 16.5. The molecule has 0 aromatic rings. The standard InChI is InChI=1S/C16H28N2O3/c1-21-16(8-2-3-9-16)12-17-14(20)18-10-5-13(19)11-15(18)6-4-7-15/h13,19H,2-12H2,1H3,(H,17,20). The first kappa shape index (κ1) is 15.1. The summed E-state index contributed by atoms with van der Waals surface area (Å²) in [5.41, 5.74) is -0.227. The Labute approximate surface area is 127 Å². The number of ether oxygens (including phenoxy) is 1. The van der Waals surface area contributed by atoms with Gasteiger partial charge in [0.1, 0.15) is 0 Å². The summed E-state index contributed by atoms with van der Waals surface area (Å²) in [4.78, 5) is 14.6. The molecule has 1 unspecified atom stereocenters. The molecule has 1 heterocycles. The van der Waals surface area contributed by atoms with Crippen LogP contribution in [0.15, 0.2) is 0 Å². The van der Waals surface area contributed by atoms with E-state index in [0.717, 1.165) is 32.1 Å². The highest BCUT2D eigenvalue weighted by Crippen LogP contribution is 2.44. The molecule has 3 aliphatic rings. The fourth-order valence-corrected chi connectivity index (χ4v) is 4.35. The SMILES string of the molecule is COC1(CNC(=O)N2CCC(O)CC23CCC3)CCCC1. The molecule has 2 aliphatic carbocycles. The van der Waals surface area contributed by atoms with Crippen LogP contribution in [0.25, 0.3) is 0 Å². The van der Waals surface area contributed by atoms with Crippen LogP contribution in [-0.2, 0) is 4.74 Å². The number of methoxy groups -OCH3 is 1. The summed E-state index contributed by atoms with van der Waals surface area (Å²) in [7, 11) is 1.75. The molecule has 0 aromatic heterocycles. The zero-order valence-electron chi connectivity index (χ0n) is 13.1. The minimum atomic E-state index is -0.241. The molecule has 21 heavy (non-hydrogen) atoms. The lowest BCUT2D eigenvalue weighted by molar-refractivity contribution is -0.0432. The van der Waals surface area contributed by atoms with Gasteiger partial charge in [-0.05, 0) is 44.9 Å². The second-order valence-corrected chi connectivity index (χ2v) is 7.13. The highest BCUT2D eigenvalue weighted by Gasteiger charge is 2.48. The predicted molar refractivity (Wildman–Crippen MR) is 80.1 cm³/mol. The number of amides is 2. The van der Waals surface area contributed by atoms with E-state index < -0.39 is 0 Å². The minimum absolute atomic E-state index is 0.0323. The van der Waals surface area contributed by atoms with E-state index in [0.29, 0.717) is 19.5 Å². The molecule has 5 nitrogen and oxygen atoms in total.